The molecule has 0 fully saturated rings. The Balaban J connectivity index is 2.32. The molecule has 0 aliphatic carbocycles. The zero-order valence-electron chi connectivity index (χ0n) is 11.4. The predicted molar refractivity (Wildman–Crippen MR) is 75.1 cm³/mol. The third-order valence-corrected chi connectivity index (χ3v) is 2.58. The lowest BCUT2D eigenvalue weighted by Gasteiger charge is -2.13. The zero-order valence-corrected chi connectivity index (χ0v) is 11.4. The Labute approximate surface area is 109 Å². The Bertz CT molecular complexity index is 361. The molecular weight excluding hydrogens is 228 g/mol. The van der Waals surface area contributed by atoms with Gasteiger partial charge in [-0.05, 0) is 30.7 Å². The third kappa shape index (κ3) is 5.08. The number of unbranched alkanes of at least 4 members (excludes halogenated alkanes) is 1. The van der Waals surface area contributed by atoms with Gasteiger partial charge in [0.15, 0.2) is 0 Å². The van der Waals surface area contributed by atoms with Crippen LogP contribution in [-0.2, 0) is 9.53 Å². The van der Waals surface area contributed by atoms with E-state index in [2.05, 4.69) is 12.2 Å². The number of hydrogen-bond acceptors (Lipinski definition) is 4. The van der Waals surface area contributed by atoms with E-state index in [1.807, 2.05) is 43.3 Å². The molecule has 0 aromatic heterocycles. The Morgan fingerprint density at radius 3 is 2.50 bits per heavy atom. The lowest BCUT2D eigenvalue weighted by atomic mass is 10.2. The summed E-state index contributed by atoms with van der Waals surface area (Å²) in [5.74, 6) is -0.208. The fraction of sp³-hybridized carbons (Fsp3) is 0.500. The van der Waals surface area contributed by atoms with Crippen LogP contribution in [0.3, 0.4) is 0 Å². The smallest absolute Gasteiger partial charge is 0.325 e. The molecule has 0 unspecified atom stereocenters. The third-order valence-electron chi connectivity index (χ3n) is 2.58. The highest BCUT2D eigenvalue weighted by molar-refractivity contribution is 5.75. The molecule has 0 spiro atoms. The van der Waals surface area contributed by atoms with Crippen LogP contribution in [-0.4, -0.2) is 33.2 Å². The molecule has 1 N–H and O–H groups in total. The van der Waals surface area contributed by atoms with Crippen LogP contribution < -0.4 is 10.2 Å². The molecule has 0 aliphatic rings. The number of anilines is 2. The standard InChI is InChI=1S/C14H22N2O2/c1-4-5-10-18-14(17)11-15-12-6-8-13(9-7-12)16(2)3/h6-9,15H,4-5,10-11H2,1-3H3. The van der Waals surface area contributed by atoms with Gasteiger partial charge in [-0.25, -0.2) is 0 Å². The molecule has 0 bridgehead atoms. The van der Waals surface area contributed by atoms with Crippen molar-refractivity contribution >= 4 is 17.3 Å². The molecule has 1 aromatic rings. The second-order valence-electron chi connectivity index (χ2n) is 4.37. The van der Waals surface area contributed by atoms with Crippen molar-refractivity contribution in [3.8, 4) is 0 Å². The molecule has 0 atom stereocenters. The summed E-state index contributed by atoms with van der Waals surface area (Å²) in [6.45, 7) is 2.79. The Morgan fingerprint density at radius 1 is 1.28 bits per heavy atom. The van der Waals surface area contributed by atoms with E-state index in [1.165, 1.54) is 0 Å². The summed E-state index contributed by atoms with van der Waals surface area (Å²) in [5.41, 5.74) is 2.05. The Kier molecular flexibility index (Phi) is 6.05. The van der Waals surface area contributed by atoms with Crippen LogP contribution in [0.15, 0.2) is 24.3 Å². The van der Waals surface area contributed by atoms with Crippen LogP contribution in [0, 0.1) is 0 Å². The van der Waals surface area contributed by atoms with Crippen LogP contribution in [0.1, 0.15) is 19.8 Å². The summed E-state index contributed by atoms with van der Waals surface area (Å²) in [4.78, 5) is 13.4. The second kappa shape index (κ2) is 7.58. The number of benzene rings is 1. The van der Waals surface area contributed by atoms with Gasteiger partial charge in [-0.2, -0.15) is 0 Å². The van der Waals surface area contributed by atoms with E-state index in [0.29, 0.717) is 6.61 Å². The van der Waals surface area contributed by atoms with Crippen molar-refractivity contribution in [2.45, 2.75) is 19.8 Å². The number of rotatable bonds is 7. The highest BCUT2D eigenvalue weighted by Gasteiger charge is 2.02. The maximum Gasteiger partial charge on any atom is 0.325 e. The number of carbonyl (C=O) groups excluding carboxylic acids is 1. The van der Waals surface area contributed by atoms with E-state index in [-0.39, 0.29) is 12.5 Å². The first-order valence-corrected chi connectivity index (χ1v) is 6.30. The monoisotopic (exact) mass is 250 g/mol. The Morgan fingerprint density at radius 2 is 1.94 bits per heavy atom. The lowest BCUT2D eigenvalue weighted by Crippen LogP contribution is -2.17. The second-order valence-corrected chi connectivity index (χ2v) is 4.37. The quantitative estimate of drug-likeness (QED) is 0.596. The lowest BCUT2D eigenvalue weighted by molar-refractivity contribution is -0.141. The van der Waals surface area contributed by atoms with Crippen LogP contribution in [0.25, 0.3) is 0 Å². The van der Waals surface area contributed by atoms with E-state index < -0.39 is 0 Å². The number of nitrogens with one attached hydrogen (secondary N) is 1. The summed E-state index contributed by atoms with van der Waals surface area (Å²) >= 11 is 0. The van der Waals surface area contributed by atoms with Crippen molar-refractivity contribution in [3.63, 3.8) is 0 Å². The minimum absolute atomic E-state index is 0.208. The van der Waals surface area contributed by atoms with Gasteiger partial charge in [0, 0.05) is 25.5 Å². The van der Waals surface area contributed by atoms with Crippen LogP contribution in [0.5, 0.6) is 0 Å². The highest BCUT2D eigenvalue weighted by Crippen LogP contribution is 2.15. The van der Waals surface area contributed by atoms with Crippen molar-refractivity contribution in [1.29, 1.82) is 0 Å². The van der Waals surface area contributed by atoms with Crippen molar-refractivity contribution < 1.29 is 9.53 Å². The predicted octanol–water partition coefficient (Wildman–Crippen LogP) is 2.51. The van der Waals surface area contributed by atoms with Gasteiger partial charge in [0.2, 0.25) is 0 Å². The normalized spacial score (nSPS) is 9.94. The molecule has 18 heavy (non-hydrogen) atoms. The van der Waals surface area contributed by atoms with Gasteiger partial charge >= 0.3 is 5.97 Å². The molecule has 0 heterocycles. The van der Waals surface area contributed by atoms with Crippen LogP contribution in [0.4, 0.5) is 11.4 Å². The van der Waals surface area contributed by atoms with Gasteiger partial charge < -0.3 is 15.0 Å². The average molecular weight is 250 g/mol. The van der Waals surface area contributed by atoms with Gasteiger partial charge in [0.25, 0.3) is 0 Å². The molecule has 100 valence electrons. The molecular formula is C14H22N2O2. The fourth-order valence-corrected chi connectivity index (χ4v) is 1.43. The molecule has 4 heteroatoms. The number of hydrogen-bond donors (Lipinski definition) is 1. The van der Waals surface area contributed by atoms with Crippen molar-refractivity contribution in [2.24, 2.45) is 0 Å². The van der Waals surface area contributed by atoms with Crippen molar-refractivity contribution in [3.05, 3.63) is 24.3 Å². The fourth-order valence-electron chi connectivity index (χ4n) is 1.43. The topological polar surface area (TPSA) is 41.6 Å². The van der Waals surface area contributed by atoms with Crippen LogP contribution >= 0.6 is 0 Å². The molecule has 0 amide bonds. The van der Waals surface area contributed by atoms with Crippen molar-refractivity contribution in [2.75, 3.05) is 37.5 Å². The first kappa shape index (κ1) is 14.4. The van der Waals surface area contributed by atoms with Gasteiger partial charge in [-0.15, -0.1) is 0 Å². The van der Waals surface area contributed by atoms with E-state index >= 15 is 0 Å². The van der Waals surface area contributed by atoms with Gasteiger partial charge in [0.05, 0.1) is 6.61 Å². The molecule has 0 saturated carbocycles. The van der Waals surface area contributed by atoms with Crippen LogP contribution in [0.2, 0.25) is 0 Å². The van der Waals surface area contributed by atoms with Gasteiger partial charge in [-0.3, -0.25) is 4.79 Å². The first-order valence-electron chi connectivity index (χ1n) is 6.30. The van der Waals surface area contributed by atoms with E-state index in [0.717, 1.165) is 24.2 Å². The minimum Gasteiger partial charge on any atom is -0.464 e. The maximum absolute atomic E-state index is 11.4. The maximum atomic E-state index is 11.4. The highest BCUT2D eigenvalue weighted by atomic mass is 16.5. The molecule has 0 radical (unpaired) electrons. The summed E-state index contributed by atoms with van der Waals surface area (Å²) in [6.07, 6.45) is 1.95. The van der Waals surface area contributed by atoms with Gasteiger partial charge in [-0.1, -0.05) is 13.3 Å². The first-order chi connectivity index (χ1) is 8.63. The minimum atomic E-state index is -0.208. The summed E-state index contributed by atoms with van der Waals surface area (Å²) in [7, 11) is 3.99. The molecule has 0 aliphatic heterocycles. The summed E-state index contributed by atoms with van der Waals surface area (Å²) < 4.78 is 5.06. The summed E-state index contributed by atoms with van der Waals surface area (Å²) in [5, 5.41) is 3.04. The molecule has 1 rings (SSSR count). The van der Waals surface area contributed by atoms with E-state index in [9.17, 15) is 4.79 Å². The number of carbonyl (C=O) groups is 1. The van der Waals surface area contributed by atoms with Crippen molar-refractivity contribution in [1.82, 2.24) is 0 Å². The summed E-state index contributed by atoms with van der Waals surface area (Å²) in [6, 6.07) is 7.92. The Hall–Kier alpha value is -1.71. The molecule has 1 aromatic carbocycles. The zero-order chi connectivity index (χ0) is 13.4. The SMILES string of the molecule is CCCCOC(=O)CNc1ccc(N(C)C)cc1. The molecule has 4 nitrogen and oxygen atoms in total. The average Bonchev–Trinajstić information content (AvgIpc) is 2.37. The number of esters is 1. The van der Waals surface area contributed by atoms with Gasteiger partial charge in [0.1, 0.15) is 6.54 Å². The van der Waals surface area contributed by atoms with E-state index in [4.69, 9.17) is 4.74 Å². The van der Waals surface area contributed by atoms with E-state index in [1.54, 1.807) is 0 Å². The number of ether oxygens (including phenoxy) is 1. The molecule has 0 saturated heterocycles. The number of nitrogens with zero attached hydrogens (tertiary/aromatic N) is 1. The largest absolute Gasteiger partial charge is 0.464 e.